The van der Waals surface area contributed by atoms with Gasteiger partial charge in [-0.15, -0.1) is 10.2 Å². The summed E-state index contributed by atoms with van der Waals surface area (Å²) in [4.78, 5) is 14.1. The van der Waals surface area contributed by atoms with Gasteiger partial charge in [-0.3, -0.25) is 4.79 Å². The van der Waals surface area contributed by atoms with Crippen molar-refractivity contribution in [3.8, 4) is 0 Å². The number of nitrogens with zero attached hydrogens (tertiary/aromatic N) is 4. The molecule has 2 heterocycles. The molecule has 1 aliphatic heterocycles. The Bertz CT molecular complexity index is 423. The Kier molecular flexibility index (Phi) is 2.00. The quantitative estimate of drug-likeness (QED) is 0.720. The first-order valence-corrected chi connectivity index (χ1v) is 5.61. The molecular weight excluding hydrogens is 206 g/mol. The molecule has 0 unspecified atom stereocenters. The Hall–Kier alpha value is -1.43. The number of carbonyl (C=O) groups is 1. The fourth-order valence-electron chi connectivity index (χ4n) is 2.23. The Morgan fingerprint density at radius 1 is 1.50 bits per heavy atom. The lowest BCUT2D eigenvalue weighted by Crippen LogP contribution is -2.44. The van der Waals surface area contributed by atoms with Crippen molar-refractivity contribution in [2.24, 2.45) is 11.1 Å². The Labute approximate surface area is 93.4 Å². The van der Waals surface area contributed by atoms with Gasteiger partial charge in [0.1, 0.15) is 6.33 Å². The molecule has 6 nitrogen and oxygen atoms in total. The number of carbonyl (C=O) groups excluding carboxylic acids is 1. The molecule has 1 amide bonds. The number of hydrogen-bond donors (Lipinski definition) is 1. The van der Waals surface area contributed by atoms with E-state index in [9.17, 15) is 4.79 Å². The average molecular weight is 221 g/mol. The van der Waals surface area contributed by atoms with E-state index < -0.39 is 0 Å². The van der Waals surface area contributed by atoms with E-state index >= 15 is 0 Å². The molecule has 86 valence electrons. The monoisotopic (exact) mass is 221 g/mol. The molecule has 2 aliphatic rings. The van der Waals surface area contributed by atoms with Gasteiger partial charge in [0.05, 0.1) is 12.0 Å². The van der Waals surface area contributed by atoms with Gasteiger partial charge in [-0.05, 0) is 12.8 Å². The van der Waals surface area contributed by atoms with Crippen LogP contribution in [0, 0.1) is 5.41 Å². The molecule has 0 bridgehead atoms. The lowest BCUT2D eigenvalue weighted by Gasteiger charge is -2.30. The largest absolute Gasteiger partial charge is 0.333 e. The summed E-state index contributed by atoms with van der Waals surface area (Å²) in [7, 11) is 0. The van der Waals surface area contributed by atoms with Crippen molar-refractivity contribution in [2.75, 3.05) is 13.1 Å². The van der Waals surface area contributed by atoms with Crippen LogP contribution in [0.4, 0.5) is 0 Å². The third-order valence-corrected chi connectivity index (χ3v) is 3.62. The predicted octanol–water partition coefficient (Wildman–Crippen LogP) is -0.641. The fraction of sp³-hybridized carbons (Fsp3) is 0.700. The van der Waals surface area contributed by atoms with E-state index in [0.29, 0.717) is 13.1 Å². The molecule has 6 heteroatoms. The molecule has 1 aliphatic carbocycles. The Morgan fingerprint density at radius 2 is 2.31 bits per heavy atom. The predicted molar refractivity (Wildman–Crippen MR) is 56.2 cm³/mol. The van der Waals surface area contributed by atoms with Crippen LogP contribution in [0.15, 0.2) is 6.33 Å². The maximum Gasteiger partial charge on any atom is 0.230 e. The van der Waals surface area contributed by atoms with Gasteiger partial charge in [0.2, 0.25) is 5.91 Å². The van der Waals surface area contributed by atoms with Crippen LogP contribution in [0.3, 0.4) is 0 Å². The first-order chi connectivity index (χ1) is 7.75. The Morgan fingerprint density at radius 3 is 3.00 bits per heavy atom. The minimum absolute atomic E-state index is 0.198. The maximum absolute atomic E-state index is 12.2. The van der Waals surface area contributed by atoms with Crippen LogP contribution in [-0.4, -0.2) is 38.7 Å². The molecule has 3 rings (SSSR count). The minimum atomic E-state index is -0.248. The highest BCUT2D eigenvalue weighted by atomic mass is 16.2. The van der Waals surface area contributed by atoms with Gasteiger partial charge in [-0.2, -0.15) is 0 Å². The van der Waals surface area contributed by atoms with Crippen molar-refractivity contribution in [3.63, 3.8) is 0 Å². The summed E-state index contributed by atoms with van der Waals surface area (Å²) >= 11 is 0. The van der Waals surface area contributed by atoms with Gasteiger partial charge in [-0.1, -0.05) is 0 Å². The number of aromatic nitrogens is 3. The van der Waals surface area contributed by atoms with Gasteiger partial charge < -0.3 is 15.2 Å². The summed E-state index contributed by atoms with van der Waals surface area (Å²) < 4.78 is 1.99. The van der Waals surface area contributed by atoms with Gasteiger partial charge in [0, 0.05) is 19.6 Å². The lowest BCUT2D eigenvalue weighted by molar-refractivity contribution is -0.138. The van der Waals surface area contributed by atoms with Gasteiger partial charge in [-0.25, -0.2) is 0 Å². The number of amides is 1. The molecule has 2 N–H and O–H groups in total. The lowest BCUT2D eigenvalue weighted by atomic mass is 10.1. The summed E-state index contributed by atoms with van der Waals surface area (Å²) in [6, 6.07) is 0. The molecule has 0 saturated heterocycles. The van der Waals surface area contributed by atoms with Crippen LogP contribution in [0.5, 0.6) is 0 Å². The van der Waals surface area contributed by atoms with Crippen molar-refractivity contribution < 1.29 is 4.79 Å². The molecule has 1 aromatic heterocycles. The Balaban J connectivity index is 1.77. The second-order valence-electron chi connectivity index (χ2n) is 4.65. The van der Waals surface area contributed by atoms with Gasteiger partial charge >= 0.3 is 0 Å². The highest BCUT2D eigenvalue weighted by Gasteiger charge is 2.50. The van der Waals surface area contributed by atoms with Crippen LogP contribution >= 0.6 is 0 Å². The smallest absolute Gasteiger partial charge is 0.230 e. The minimum Gasteiger partial charge on any atom is -0.333 e. The summed E-state index contributed by atoms with van der Waals surface area (Å²) in [6.45, 7) is 2.57. The molecule has 0 aromatic carbocycles. The van der Waals surface area contributed by atoms with Crippen molar-refractivity contribution >= 4 is 5.91 Å². The summed E-state index contributed by atoms with van der Waals surface area (Å²) in [5.74, 6) is 1.07. The van der Waals surface area contributed by atoms with E-state index in [4.69, 9.17) is 5.73 Å². The highest BCUT2D eigenvalue weighted by molar-refractivity contribution is 5.85. The number of hydrogen-bond acceptors (Lipinski definition) is 4. The number of rotatable bonds is 2. The molecule has 1 saturated carbocycles. The summed E-state index contributed by atoms with van der Waals surface area (Å²) in [5.41, 5.74) is 5.42. The second-order valence-corrected chi connectivity index (χ2v) is 4.65. The molecule has 0 atom stereocenters. The first-order valence-electron chi connectivity index (χ1n) is 5.61. The van der Waals surface area contributed by atoms with Crippen LogP contribution in [0.2, 0.25) is 0 Å². The van der Waals surface area contributed by atoms with Crippen molar-refractivity contribution in [1.29, 1.82) is 0 Å². The van der Waals surface area contributed by atoms with Crippen molar-refractivity contribution in [3.05, 3.63) is 12.2 Å². The van der Waals surface area contributed by atoms with E-state index in [2.05, 4.69) is 10.2 Å². The summed E-state index contributed by atoms with van der Waals surface area (Å²) in [5, 5.41) is 7.85. The second kappa shape index (κ2) is 3.28. The number of nitrogens with two attached hydrogens (primary N) is 1. The third kappa shape index (κ3) is 1.33. The summed E-state index contributed by atoms with van der Waals surface area (Å²) in [6.07, 6.45) is 3.59. The van der Waals surface area contributed by atoms with Crippen LogP contribution in [0.1, 0.15) is 18.7 Å². The normalized spacial score (nSPS) is 21.7. The highest BCUT2D eigenvalue weighted by Crippen LogP contribution is 2.46. The standard InChI is InChI=1S/C10H15N5O/c11-6-10(1-2-10)9(16)14-3-4-15-7-12-13-8(15)5-14/h7H,1-6,11H2. The van der Waals surface area contributed by atoms with E-state index in [1.807, 2.05) is 9.47 Å². The van der Waals surface area contributed by atoms with E-state index in [0.717, 1.165) is 31.8 Å². The third-order valence-electron chi connectivity index (χ3n) is 3.62. The molecule has 1 aromatic rings. The zero-order valence-corrected chi connectivity index (χ0v) is 9.09. The topological polar surface area (TPSA) is 77.0 Å². The molecule has 0 radical (unpaired) electrons. The van der Waals surface area contributed by atoms with Crippen LogP contribution in [-0.2, 0) is 17.9 Å². The zero-order valence-electron chi connectivity index (χ0n) is 9.09. The SMILES string of the molecule is NCC1(C(=O)N2CCn3cnnc3C2)CC1. The van der Waals surface area contributed by atoms with E-state index in [1.54, 1.807) is 6.33 Å². The van der Waals surface area contributed by atoms with Gasteiger partial charge in [0.25, 0.3) is 0 Å². The van der Waals surface area contributed by atoms with E-state index in [1.165, 1.54) is 0 Å². The molecule has 1 fully saturated rings. The molecular formula is C10H15N5O. The maximum atomic E-state index is 12.2. The molecule has 0 spiro atoms. The van der Waals surface area contributed by atoms with Crippen molar-refractivity contribution in [1.82, 2.24) is 19.7 Å². The van der Waals surface area contributed by atoms with Crippen LogP contribution < -0.4 is 5.73 Å². The van der Waals surface area contributed by atoms with Gasteiger partial charge in [0.15, 0.2) is 5.82 Å². The molecule has 16 heavy (non-hydrogen) atoms. The number of fused-ring (bicyclic) bond motifs is 1. The average Bonchev–Trinajstić information content (AvgIpc) is 2.98. The zero-order chi connectivity index (χ0) is 11.2. The fourth-order valence-corrected chi connectivity index (χ4v) is 2.23. The van der Waals surface area contributed by atoms with Crippen molar-refractivity contribution in [2.45, 2.75) is 25.9 Å². The van der Waals surface area contributed by atoms with Crippen LogP contribution in [0.25, 0.3) is 0 Å². The first kappa shape index (κ1) is 9.77. The van der Waals surface area contributed by atoms with E-state index in [-0.39, 0.29) is 11.3 Å².